The minimum Gasteiger partial charge on any atom is -0.492 e. The van der Waals surface area contributed by atoms with Crippen molar-refractivity contribution in [1.82, 2.24) is 14.7 Å². The standard InChI is InChI=1S/C15H20ClN3O/c1-18(2)8-9-20-15-11-13(16)5-4-12(15)10-14-6-7-17-19(14)3/h4-7,11H,8-10H2,1-3H3. The summed E-state index contributed by atoms with van der Waals surface area (Å²) in [6, 6.07) is 7.80. The fourth-order valence-corrected chi connectivity index (χ4v) is 2.08. The van der Waals surface area contributed by atoms with E-state index >= 15 is 0 Å². The van der Waals surface area contributed by atoms with E-state index in [1.807, 2.05) is 50.1 Å². The maximum Gasteiger partial charge on any atom is 0.124 e. The van der Waals surface area contributed by atoms with Gasteiger partial charge >= 0.3 is 0 Å². The lowest BCUT2D eigenvalue weighted by Crippen LogP contribution is -2.19. The quantitative estimate of drug-likeness (QED) is 0.820. The number of benzene rings is 1. The molecule has 0 saturated heterocycles. The van der Waals surface area contributed by atoms with Crippen LogP contribution in [0.5, 0.6) is 5.75 Å². The van der Waals surface area contributed by atoms with Crippen LogP contribution in [0.3, 0.4) is 0 Å². The van der Waals surface area contributed by atoms with E-state index in [0.717, 1.165) is 30.0 Å². The van der Waals surface area contributed by atoms with Crippen LogP contribution in [0.15, 0.2) is 30.5 Å². The van der Waals surface area contributed by atoms with Crippen LogP contribution in [0.25, 0.3) is 0 Å². The van der Waals surface area contributed by atoms with E-state index in [-0.39, 0.29) is 0 Å². The van der Waals surface area contributed by atoms with Gasteiger partial charge in [0.25, 0.3) is 0 Å². The first kappa shape index (κ1) is 14.9. The molecule has 2 aromatic rings. The molecule has 0 radical (unpaired) electrons. The zero-order valence-electron chi connectivity index (χ0n) is 12.1. The summed E-state index contributed by atoms with van der Waals surface area (Å²) >= 11 is 6.06. The Morgan fingerprint density at radius 1 is 1.30 bits per heavy atom. The Bertz CT molecular complexity index is 566. The van der Waals surface area contributed by atoms with Crippen molar-refractivity contribution in [2.45, 2.75) is 6.42 Å². The second-order valence-electron chi connectivity index (χ2n) is 5.03. The Labute approximate surface area is 124 Å². The lowest BCUT2D eigenvalue weighted by atomic mass is 10.1. The smallest absolute Gasteiger partial charge is 0.124 e. The minimum atomic E-state index is 0.645. The van der Waals surface area contributed by atoms with Crippen LogP contribution in [0.1, 0.15) is 11.3 Å². The third-order valence-electron chi connectivity index (χ3n) is 3.12. The fraction of sp³-hybridized carbons (Fsp3) is 0.400. The number of nitrogens with zero attached hydrogens (tertiary/aromatic N) is 3. The summed E-state index contributed by atoms with van der Waals surface area (Å²) in [6.07, 6.45) is 2.59. The summed E-state index contributed by atoms with van der Waals surface area (Å²) in [5.74, 6) is 0.848. The summed E-state index contributed by atoms with van der Waals surface area (Å²) in [7, 11) is 5.99. The topological polar surface area (TPSA) is 30.3 Å². The average Bonchev–Trinajstić information content (AvgIpc) is 2.78. The Kier molecular flexibility index (Phi) is 5.04. The number of aryl methyl sites for hydroxylation is 1. The van der Waals surface area contributed by atoms with Crippen molar-refractivity contribution in [1.29, 1.82) is 0 Å². The molecule has 0 saturated carbocycles. The first-order valence-electron chi connectivity index (χ1n) is 6.59. The fourth-order valence-electron chi connectivity index (χ4n) is 1.92. The molecule has 0 atom stereocenters. The van der Waals surface area contributed by atoms with Gasteiger partial charge in [0.2, 0.25) is 0 Å². The molecule has 108 valence electrons. The van der Waals surface area contributed by atoms with Crippen molar-refractivity contribution in [2.24, 2.45) is 7.05 Å². The van der Waals surface area contributed by atoms with E-state index in [1.165, 1.54) is 0 Å². The number of hydrogen-bond donors (Lipinski definition) is 0. The number of ether oxygens (including phenoxy) is 1. The van der Waals surface area contributed by atoms with Crippen molar-refractivity contribution in [3.05, 3.63) is 46.7 Å². The van der Waals surface area contributed by atoms with Gasteiger partial charge in [0, 0.05) is 42.5 Å². The van der Waals surface area contributed by atoms with Crippen LogP contribution in [0.4, 0.5) is 0 Å². The van der Waals surface area contributed by atoms with Crippen LogP contribution < -0.4 is 4.74 Å². The van der Waals surface area contributed by atoms with Gasteiger partial charge in [-0.3, -0.25) is 4.68 Å². The number of hydrogen-bond acceptors (Lipinski definition) is 3. The summed E-state index contributed by atoms with van der Waals surface area (Å²) in [5, 5.41) is 4.88. The molecule has 0 bridgehead atoms. The highest BCUT2D eigenvalue weighted by Crippen LogP contribution is 2.25. The van der Waals surface area contributed by atoms with Gasteiger partial charge in [0.1, 0.15) is 12.4 Å². The largest absolute Gasteiger partial charge is 0.492 e. The Morgan fingerprint density at radius 2 is 2.10 bits per heavy atom. The predicted octanol–water partition coefficient (Wildman–Crippen LogP) is 2.60. The summed E-state index contributed by atoms with van der Waals surface area (Å²) in [5.41, 5.74) is 2.27. The molecule has 0 unspecified atom stereocenters. The molecule has 5 heteroatoms. The van der Waals surface area contributed by atoms with Crippen LogP contribution in [-0.4, -0.2) is 41.9 Å². The van der Waals surface area contributed by atoms with Crippen molar-refractivity contribution in [3.63, 3.8) is 0 Å². The molecule has 1 heterocycles. The van der Waals surface area contributed by atoms with Gasteiger partial charge in [-0.05, 0) is 32.3 Å². The normalized spacial score (nSPS) is 11.1. The van der Waals surface area contributed by atoms with Gasteiger partial charge in [-0.25, -0.2) is 0 Å². The summed E-state index contributed by atoms with van der Waals surface area (Å²) < 4.78 is 7.73. The third-order valence-corrected chi connectivity index (χ3v) is 3.35. The molecule has 0 aliphatic rings. The number of halogens is 1. The monoisotopic (exact) mass is 293 g/mol. The van der Waals surface area contributed by atoms with Crippen molar-refractivity contribution >= 4 is 11.6 Å². The van der Waals surface area contributed by atoms with Crippen LogP contribution in [0.2, 0.25) is 5.02 Å². The van der Waals surface area contributed by atoms with E-state index in [4.69, 9.17) is 16.3 Å². The SMILES string of the molecule is CN(C)CCOc1cc(Cl)ccc1Cc1ccnn1C. The van der Waals surface area contributed by atoms with E-state index < -0.39 is 0 Å². The molecular weight excluding hydrogens is 274 g/mol. The van der Waals surface area contributed by atoms with Gasteiger partial charge < -0.3 is 9.64 Å². The van der Waals surface area contributed by atoms with Gasteiger partial charge in [-0.1, -0.05) is 17.7 Å². The zero-order valence-corrected chi connectivity index (χ0v) is 12.9. The molecular formula is C15H20ClN3O. The van der Waals surface area contributed by atoms with Crippen LogP contribution in [0, 0.1) is 0 Å². The highest BCUT2D eigenvalue weighted by Gasteiger charge is 2.08. The molecule has 1 aromatic heterocycles. The van der Waals surface area contributed by atoms with Crippen molar-refractivity contribution in [2.75, 3.05) is 27.2 Å². The number of likely N-dealkylation sites (N-methyl/N-ethyl adjacent to an activating group) is 1. The van der Waals surface area contributed by atoms with E-state index in [2.05, 4.69) is 10.00 Å². The molecule has 0 aliphatic heterocycles. The van der Waals surface area contributed by atoms with Gasteiger partial charge in [0.05, 0.1) is 0 Å². The van der Waals surface area contributed by atoms with Gasteiger partial charge in [-0.15, -0.1) is 0 Å². The van der Waals surface area contributed by atoms with Gasteiger partial charge in [-0.2, -0.15) is 5.10 Å². The first-order chi connectivity index (χ1) is 9.56. The number of rotatable bonds is 6. The maximum absolute atomic E-state index is 6.06. The van der Waals surface area contributed by atoms with Gasteiger partial charge in [0.15, 0.2) is 0 Å². The van der Waals surface area contributed by atoms with E-state index in [0.29, 0.717) is 11.6 Å². The van der Waals surface area contributed by atoms with E-state index in [1.54, 1.807) is 6.20 Å². The van der Waals surface area contributed by atoms with Crippen molar-refractivity contribution < 1.29 is 4.74 Å². The Hall–Kier alpha value is -1.52. The zero-order chi connectivity index (χ0) is 14.5. The molecule has 4 nitrogen and oxygen atoms in total. The molecule has 20 heavy (non-hydrogen) atoms. The predicted molar refractivity (Wildman–Crippen MR) is 81.5 cm³/mol. The highest BCUT2D eigenvalue weighted by atomic mass is 35.5. The summed E-state index contributed by atoms with van der Waals surface area (Å²) in [6.45, 7) is 1.52. The second kappa shape index (κ2) is 6.77. The molecule has 2 rings (SSSR count). The minimum absolute atomic E-state index is 0.645. The molecule has 0 fully saturated rings. The molecule has 0 N–H and O–H groups in total. The van der Waals surface area contributed by atoms with Crippen LogP contribution >= 0.6 is 11.6 Å². The van der Waals surface area contributed by atoms with E-state index in [9.17, 15) is 0 Å². The maximum atomic E-state index is 6.06. The molecule has 0 aliphatic carbocycles. The third kappa shape index (κ3) is 3.99. The second-order valence-corrected chi connectivity index (χ2v) is 5.46. The first-order valence-corrected chi connectivity index (χ1v) is 6.97. The molecule has 0 spiro atoms. The lowest BCUT2D eigenvalue weighted by Gasteiger charge is -2.14. The van der Waals surface area contributed by atoms with Crippen molar-refractivity contribution in [3.8, 4) is 5.75 Å². The molecule has 1 aromatic carbocycles. The lowest BCUT2D eigenvalue weighted by molar-refractivity contribution is 0.259. The summed E-state index contributed by atoms with van der Waals surface area (Å²) in [4.78, 5) is 2.09. The highest BCUT2D eigenvalue weighted by molar-refractivity contribution is 6.30. The number of aromatic nitrogens is 2. The molecule has 0 amide bonds. The Balaban J connectivity index is 2.13. The Morgan fingerprint density at radius 3 is 2.75 bits per heavy atom. The average molecular weight is 294 g/mol. The van der Waals surface area contributed by atoms with Crippen LogP contribution in [-0.2, 0) is 13.5 Å².